The Morgan fingerprint density at radius 1 is 1.32 bits per heavy atom. The molecule has 1 aromatic heterocycles. The zero-order valence-corrected chi connectivity index (χ0v) is 14.3. The summed E-state index contributed by atoms with van der Waals surface area (Å²) in [6.45, 7) is 9.29. The van der Waals surface area contributed by atoms with Gasteiger partial charge in [0.25, 0.3) is 0 Å². The van der Waals surface area contributed by atoms with Gasteiger partial charge >= 0.3 is 0 Å². The number of rotatable bonds is 10. The van der Waals surface area contributed by atoms with Crippen LogP contribution in [0.4, 0.5) is 0 Å². The van der Waals surface area contributed by atoms with Crippen LogP contribution in [-0.4, -0.2) is 37.9 Å². The Bertz CT molecular complexity index is 428. The summed E-state index contributed by atoms with van der Waals surface area (Å²) in [6.07, 6.45) is 3.12. The van der Waals surface area contributed by atoms with Crippen molar-refractivity contribution < 1.29 is 9.26 Å². The van der Waals surface area contributed by atoms with Gasteiger partial charge in [-0.2, -0.15) is 0 Å². The molecule has 0 fully saturated rings. The Hall–Kier alpha value is -1.56. The largest absolute Gasteiger partial charge is 0.382 e. The maximum atomic E-state index is 5.39. The lowest BCUT2D eigenvalue weighted by atomic mass is 9.99. The van der Waals surface area contributed by atoms with Crippen LogP contribution in [0.5, 0.6) is 0 Å². The Labute approximate surface area is 133 Å². The summed E-state index contributed by atoms with van der Waals surface area (Å²) in [5, 5.41) is 10.6. The molecule has 0 atom stereocenters. The van der Waals surface area contributed by atoms with E-state index in [0.717, 1.165) is 56.4 Å². The van der Waals surface area contributed by atoms with E-state index in [1.54, 1.807) is 7.05 Å². The molecule has 1 rings (SSSR count). The zero-order chi connectivity index (χ0) is 16.2. The van der Waals surface area contributed by atoms with Crippen LogP contribution in [0.2, 0.25) is 0 Å². The fraction of sp³-hybridized carbons (Fsp3) is 0.750. The third-order valence-electron chi connectivity index (χ3n) is 3.60. The summed E-state index contributed by atoms with van der Waals surface area (Å²) in [5.74, 6) is 2.07. The number of hydrogen-bond donors (Lipinski definition) is 2. The van der Waals surface area contributed by atoms with Gasteiger partial charge < -0.3 is 19.9 Å². The Morgan fingerprint density at radius 2 is 2.09 bits per heavy atom. The lowest BCUT2D eigenvalue weighted by molar-refractivity contribution is 0.145. The Balaban J connectivity index is 2.34. The van der Waals surface area contributed by atoms with E-state index in [-0.39, 0.29) is 0 Å². The number of nitrogens with one attached hydrogen (secondary N) is 2. The molecule has 22 heavy (non-hydrogen) atoms. The normalized spacial score (nSPS) is 12.0. The van der Waals surface area contributed by atoms with Crippen LogP contribution >= 0.6 is 0 Å². The first kappa shape index (κ1) is 18.5. The average Bonchev–Trinajstić information content (AvgIpc) is 3.00. The van der Waals surface area contributed by atoms with Crippen molar-refractivity contribution in [1.29, 1.82) is 0 Å². The minimum Gasteiger partial charge on any atom is -0.382 e. The molecule has 0 saturated carbocycles. The SMILES string of the molecule is CCOCCCNC(=NC)NCc1cc(C(CC)CC)no1. The van der Waals surface area contributed by atoms with Gasteiger partial charge in [0, 0.05) is 38.8 Å². The lowest BCUT2D eigenvalue weighted by Gasteiger charge is -2.10. The Morgan fingerprint density at radius 3 is 2.73 bits per heavy atom. The predicted octanol–water partition coefficient (Wildman–Crippen LogP) is 2.67. The van der Waals surface area contributed by atoms with E-state index in [4.69, 9.17) is 9.26 Å². The van der Waals surface area contributed by atoms with Gasteiger partial charge in [0.05, 0.1) is 12.2 Å². The minimum atomic E-state index is 0.480. The van der Waals surface area contributed by atoms with E-state index in [0.29, 0.717) is 12.5 Å². The number of aromatic nitrogens is 1. The molecule has 126 valence electrons. The third kappa shape index (κ3) is 6.47. The van der Waals surface area contributed by atoms with Crippen LogP contribution < -0.4 is 10.6 Å². The van der Waals surface area contributed by atoms with E-state index >= 15 is 0 Å². The second-order valence-electron chi connectivity index (χ2n) is 5.13. The first-order chi connectivity index (χ1) is 10.7. The van der Waals surface area contributed by atoms with E-state index < -0.39 is 0 Å². The molecule has 0 unspecified atom stereocenters. The maximum absolute atomic E-state index is 5.39. The average molecular weight is 310 g/mol. The first-order valence-corrected chi connectivity index (χ1v) is 8.22. The van der Waals surface area contributed by atoms with Crippen LogP contribution in [0.1, 0.15) is 57.4 Å². The second kappa shape index (κ2) is 11.1. The van der Waals surface area contributed by atoms with Crippen molar-refractivity contribution in [2.45, 2.75) is 52.5 Å². The summed E-state index contributed by atoms with van der Waals surface area (Å²) < 4.78 is 10.7. The molecular formula is C16H30N4O2. The number of ether oxygens (including phenoxy) is 1. The number of guanidine groups is 1. The molecule has 0 saturated heterocycles. The monoisotopic (exact) mass is 310 g/mol. The summed E-state index contributed by atoms with van der Waals surface area (Å²) in [4.78, 5) is 4.19. The molecule has 0 aliphatic heterocycles. The quantitative estimate of drug-likeness (QED) is 0.395. The van der Waals surface area contributed by atoms with Crippen LogP contribution in [0.15, 0.2) is 15.6 Å². The van der Waals surface area contributed by atoms with Crippen molar-refractivity contribution in [1.82, 2.24) is 15.8 Å². The van der Waals surface area contributed by atoms with Crippen molar-refractivity contribution in [3.05, 3.63) is 17.5 Å². The second-order valence-corrected chi connectivity index (χ2v) is 5.13. The van der Waals surface area contributed by atoms with Gasteiger partial charge in [-0.25, -0.2) is 0 Å². The van der Waals surface area contributed by atoms with Crippen molar-refractivity contribution in [2.24, 2.45) is 4.99 Å². The van der Waals surface area contributed by atoms with Gasteiger partial charge in [0.15, 0.2) is 11.7 Å². The highest BCUT2D eigenvalue weighted by Crippen LogP contribution is 2.22. The Kier molecular flexibility index (Phi) is 9.30. The summed E-state index contributed by atoms with van der Waals surface area (Å²) >= 11 is 0. The fourth-order valence-corrected chi connectivity index (χ4v) is 2.23. The molecular weight excluding hydrogens is 280 g/mol. The molecule has 1 aromatic rings. The van der Waals surface area contributed by atoms with Gasteiger partial charge in [0.2, 0.25) is 0 Å². The summed E-state index contributed by atoms with van der Waals surface area (Å²) in [6, 6.07) is 2.03. The van der Waals surface area contributed by atoms with Crippen molar-refractivity contribution in [3.8, 4) is 0 Å². The number of nitrogens with zero attached hydrogens (tertiary/aromatic N) is 2. The van der Waals surface area contributed by atoms with Crippen LogP contribution in [-0.2, 0) is 11.3 Å². The fourth-order valence-electron chi connectivity index (χ4n) is 2.23. The minimum absolute atomic E-state index is 0.480. The van der Waals surface area contributed by atoms with Crippen molar-refractivity contribution in [3.63, 3.8) is 0 Å². The number of aliphatic imine (C=N–C) groups is 1. The van der Waals surface area contributed by atoms with Crippen molar-refractivity contribution >= 4 is 5.96 Å². The molecule has 0 bridgehead atoms. The van der Waals surface area contributed by atoms with Gasteiger partial charge in [-0.3, -0.25) is 4.99 Å². The zero-order valence-electron chi connectivity index (χ0n) is 14.3. The van der Waals surface area contributed by atoms with Gasteiger partial charge in [-0.1, -0.05) is 19.0 Å². The smallest absolute Gasteiger partial charge is 0.191 e. The first-order valence-electron chi connectivity index (χ1n) is 8.22. The van der Waals surface area contributed by atoms with Gasteiger partial charge in [-0.15, -0.1) is 0 Å². The van der Waals surface area contributed by atoms with E-state index in [1.807, 2.05) is 13.0 Å². The van der Waals surface area contributed by atoms with E-state index in [9.17, 15) is 0 Å². The predicted molar refractivity (Wildman–Crippen MR) is 89.1 cm³/mol. The van der Waals surface area contributed by atoms with Crippen LogP contribution in [0.3, 0.4) is 0 Å². The van der Waals surface area contributed by atoms with Gasteiger partial charge in [0.1, 0.15) is 0 Å². The molecule has 0 amide bonds. The summed E-state index contributed by atoms with van der Waals surface area (Å²) in [7, 11) is 1.76. The standard InChI is InChI=1S/C16H30N4O2/c1-5-13(6-2)15-11-14(22-20-15)12-19-16(17-4)18-9-8-10-21-7-3/h11,13H,5-10,12H2,1-4H3,(H2,17,18,19). The lowest BCUT2D eigenvalue weighted by Crippen LogP contribution is -2.37. The van der Waals surface area contributed by atoms with E-state index in [1.165, 1.54) is 0 Å². The number of hydrogen-bond acceptors (Lipinski definition) is 4. The molecule has 0 radical (unpaired) electrons. The molecule has 0 aliphatic rings. The highest BCUT2D eigenvalue weighted by atomic mass is 16.5. The molecule has 0 aliphatic carbocycles. The molecule has 1 heterocycles. The maximum Gasteiger partial charge on any atom is 0.191 e. The summed E-state index contributed by atoms with van der Waals surface area (Å²) in [5.41, 5.74) is 1.04. The highest BCUT2D eigenvalue weighted by molar-refractivity contribution is 5.79. The molecule has 6 nitrogen and oxygen atoms in total. The van der Waals surface area contributed by atoms with Crippen molar-refractivity contribution in [2.75, 3.05) is 26.8 Å². The molecule has 6 heteroatoms. The van der Waals surface area contributed by atoms with Crippen LogP contribution in [0, 0.1) is 0 Å². The molecule has 2 N–H and O–H groups in total. The topological polar surface area (TPSA) is 71.7 Å². The van der Waals surface area contributed by atoms with Crippen LogP contribution in [0.25, 0.3) is 0 Å². The van der Waals surface area contributed by atoms with E-state index in [2.05, 4.69) is 34.6 Å². The highest BCUT2D eigenvalue weighted by Gasteiger charge is 2.12. The third-order valence-corrected chi connectivity index (χ3v) is 3.60. The molecule has 0 aromatic carbocycles. The molecule has 0 spiro atoms. The van der Waals surface area contributed by atoms with Gasteiger partial charge in [-0.05, 0) is 26.2 Å².